The van der Waals surface area contributed by atoms with Crippen molar-refractivity contribution in [3.05, 3.63) is 51.6 Å². The summed E-state index contributed by atoms with van der Waals surface area (Å²) in [5, 5.41) is 0. The van der Waals surface area contributed by atoms with Gasteiger partial charge in [-0.25, -0.2) is 13.1 Å². The number of sulfonamides is 1. The number of fused-ring (bicyclic) bond motifs is 1. The number of hydrogen-bond acceptors (Lipinski definition) is 6. The van der Waals surface area contributed by atoms with Crippen molar-refractivity contribution in [2.24, 2.45) is 0 Å². The molecule has 0 aliphatic heterocycles. The third-order valence-electron chi connectivity index (χ3n) is 3.86. The number of H-pyrrole nitrogens is 1. The third-order valence-corrected chi connectivity index (χ3v) is 6.16. The number of nitrogens with one attached hydrogen (secondary N) is 2. The quantitative estimate of drug-likeness (QED) is 0.640. The molecule has 7 nitrogen and oxygen atoms in total. The molecule has 0 bridgehead atoms. The molecule has 3 rings (SSSR count). The largest absolute Gasteiger partial charge is 0.493 e. The molecular weight excluding hydrogens is 376 g/mol. The maximum atomic E-state index is 12.5. The summed E-state index contributed by atoms with van der Waals surface area (Å²) in [6.07, 6.45) is 0.499. The molecule has 26 heavy (non-hydrogen) atoms. The van der Waals surface area contributed by atoms with Gasteiger partial charge in [-0.15, -0.1) is 0 Å². The lowest BCUT2D eigenvalue weighted by Crippen LogP contribution is -2.26. The molecule has 138 valence electrons. The fourth-order valence-corrected chi connectivity index (χ4v) is 4.45. The Morgan fingerprint density at radius 2 is 1.85 bits per heavy atom. The number of ether oxygens (including phenoxy) is 2. The highest BCUT2D eigenvalue weighted by Crippen LogP contribution is 2.27. The van der Waals surface area contributed by atoms with Crippen LogP contribution >= 0.6 is 11.3 Å². The molecule has 0 radical (unpaired) electrons. The first-order valence-corrected chi connectivity index (χ1v) is 10.1. The van der Waals surface area contributed by atoms with E-state index in [0.717, 1.165) is 16.9 Å². The highest BCUT2D eigenvalue weighted by Gasteiger charge is 2.15. The van der Waals surface area contributed by atoms with Crippen LogP contribution in [-0.4, -0.2) is 34.2 Å². The summed E-state index contributed by atoms with van der Waals surface area (Å²) in [5.41, 5.74) is 1.55. The summed E-state index contributed by atoms with van der Waals surface area (Å²) in [7, 11) is -0.546. The fraction of sp³-hybridized carbons (Fsp3) is 0.235. The van der Waals surface area contributed by atoms with Crippen LogP contribution in [0.5, 0.6) is 11.5 Å². The van der Waals surface area contributed by atoms with Crippen LogP contribution in [0.15, 0.2) is 46.1 Å². The molecule has 0 amide bonds. The Morgan fingerprint density at radius 3 is 2.58 bits per heavy atom. The van der Waals surface area contributed by atoms with Gasteiger partial charge in [0.15, 0.2) is 11.5 Å². The number of thiazole rings is 1. The molecule has 2 N–H and O–H groups in total. The van der Waals surface area contributed by atoms with Crippen molar-refractivity contribution in [2.45, 2.75) is 11.3 Å². The van der Waals surface area contributed by atoms with E-state index < -0.39 is 10.0 Å². The average Bonchev–Trinajstić information content (AvgIpc) is 3.00. The molecule has 0 saturated heterocycles. The molecule has 0 saturated carbocycles. The van der Waals surface area contributed by atoms with E-state index in [-0.39, 0.29) is 16.3 Å². The van der Waals surface area contributed by atoms with Gasteiger partial charge in [0.1, 0.15) is 0 Å². The molecule has 0 aliphatic rings. The van der Waals surface area contributed by atoms with E-state index in [1.807, 2.05) is 12.1 Å². The van der Waals surface area contributed by atoms with Crippen molar-refractivity contribution in [3.63, 3.8) is 0 Å². The van der Waals surface area contributed by atoms with Crippen LogP contribution in [0.4, 0.5) is 0 Å². The Labute approximate surface area is 154 Å². The van der Waals surface area contributed by atoms with Gasteiger partial charge in [-0.05, 0) is 42.3 Å². The van der Waals surface area contributed by atoms with Crippen LogP contribution in [0.25, 0.3) is 10.2 Å². The maximum absolute atomic E-state index is 12.5. The molecule has 3 aromatic rings. The van der Waals surface area contributed by atoms with Gasteiger partial charge in [0.25, 0.3) is 0 Å². The molecule has 0 fully saturated rings. The van der Waals surface area contributed by atoms with E-state index >= 15 is 0 Å². The van der Waals surface area contributed by atoms with Crippen LogP contribution in [0.1, 0.15) is 5.56 Å². The minimum absolute atomic E-state index is 0.132. The number of benzene rings is 2. The lowest BCUT2D eigenvalue weighted by molar-refractivity contribution is 0.354. The van der Waals surface area contributed by atoms with E-state index in [2.05, 4.69) is 9.71 Å². The highest BCUT2D eigenvalue weighted by atomic mass is 32.2. The van der Waals surface area contributed by atoms with E-state index in [4.69, 9.17) is 9.47 Å². The standard InChI is InChI=1S/C17H18N2O5S2/c1-23-14-6-3-11(9-15(14)24-2)7-8-18-26(21,22)12-4-5-13-16(10-12)25-17(20)19-13/h3-6,9-10,18H,7-8H2,1-2H3,(H,19,20). The van der Waals surface area contributed by atoms with Crippen LogP contribution < -0.4 is 19.1 Å². The van der Waals surface area contributed by atoms with E-state index in [1.54, 1.807) is 26.4 Å². The second-order valence-corrected chi connectivity index (χ2v) is 8.29. The maximum Gasteiger partial charge on any atom is 0.305 e. The van der Waals surface area contributed by atoms with Crippen molar-refractivity contribution < 1.29 is 17.9 Å². The molecule has 0 aliphatic carbocycles. The molecule has 0 spiro atoms. The Kier molecular flexibility index (Phi) is 5.30. The Bertz CT molecular complexity index is 1090. The highest BCUT2D eigenvalue weighted by molar-refractivity contribution is 7.89. The minimum Gasteiger partial charge on any atom is -0.493 e. The SMILES string of the molecule is COc1ccc(CCNS(=O)(=O)c2ccc3[nH]c(=O)sc3c2)cc1OC. The fourth-order valence-electron chi connectivity index (χ4n) is 2.54. The average molecular weight is 394 g/mol. The van der Waals surface area contributed by atoms with Gasteiger partial charge in [-0.2, -0.15) is 0 Å². The Hall–Kier alpha value is -2.36. The zero-order chi connectivity index (χ0) is 18.7. The first-order chi connectivity index (χ1) is 12.4. The lowest BCUT2D eigenvalue weighted by atomic mass is 10.1. The van der Waals surface area contributed by atoms with Crippen LogP contribution in [0.2, 0.25) is 0 Å². The lowest BCUT2D eigenvalue weighted by Gasteiger charge is -2.10. The molecule has 2 aromatic carbocycles. The van der Waals surface area contributed by atoms with Crippen LogP contribution in [0.3, 0.4) is 0 Å². The van der Waals surface area contributed by atoms with Gasteiger partial charge >= 0.3 is 4.87 Å². The molecule has 0 atom stereocenters. The van der Waals surface area contributed by atoms with E-state index in [1.165, 1.54) is 12.1 Å². The van der Waals surface area contributed by atoms with Crippen molar-refractivity contribution >= 4 is 31.6 Å². The number of aromatic amines is 1. The van der Waals surface area contributed by atoms with Gasteiger partial charge in [0, 0.05) is 6.54 Å². The van der Waals surface area contributed by atoms with Gasteiger partial charge in [-0.3, -0.25) is 4.79 Å². The summed E-state index contributed by atoms with van der Waals surface area (Å²) >= 11 is 0.982. The van der Waals surface area contributed by atoms with Crippen LogP contribution in [-0.2, 0) is 16.4 Å². The second-order valence-electron chi connectivity index (χ2n) is 5.51. The molecular formula is C17H18N2O5S2. The van der Waals surface area contributed by atoms with Gasteiger partial charge in [-0.1, -0.05) is 17.4 Å². The predicted molar refractivity (Wildman–Crippen MR) is 101 cm³/mol. The van der Waals surface area contributed by atoms with Crippen molar-refractivity contribution in [3.8, 4) is 11.5 Å². The number of methoxy groups -OCH3 is 2. The van der Waals surface area contributed by atoms with Gasteiger partial charge in [0.2, 0.25) is 10.0 Å². The smallest absolute Gasteiger partial charge is 0.305 e. The van der Waals surface area contributed by atoms with Crippen molar-refractivity contribution in [1.29, 1.82) is 0 Å². The van der Waals surface area contributed by atoms with Gasteiger partial charge in [0.05, 0.1) is 29.3 Å². The Balaban J connectivity index is 1.70. The molecule has 0 unspecified atom stereocenters. The minimum atomic E-state index is -3.66. The third kappa shape index (κ3) is 3.90. The van der Waals surface area contributed by atoms with E-state index in [9.17, 15) is 13.2 Å². The van der Waals surface area contributed by atoms with Crippen LogP contribution in [0, 0.1) is 0 Å². The van der Waals surface area contributed by atoms with Gasteiger partial charge < -0.3 is 14.5 Å². The Morgan fingerprint density at radius 1 is 1.08 bits per heavy atom. The van der Waals surface area contributed by atoms with Crippen molar-refractivity contribution in [1.82, 2.24) is 9.71 Å². The second kappa shape index (κ2) is 7.48. The van der Waals surface area contributed by atoms with E-state index in [0.29, 0.717) is 28.1 Å². The predicted octanol–water partition coefficient (Wildman–Crippen LogP) is 2.13. The first kappa shape index (κ1) is 18.4. The summed E-state index contributed by atoms with van der Waals surface area (Å²) in [4.78, 5) is 13.9. The number of aromatic nitrogens is 1. The zero-order valence-electron chi connectivity index (χ0n) is 14.2. The summed E-state index contributed by atoms with van der Waals surface area (Å²) in [5.74, 6) is 1.22. The van der Waals surface area contributed by atoms with Crippen molar-refractivity contribution in [2.75, 3.05) is 20.8 Å². The summed E-state index contributed by atoms with van der Waals surface area (Å²) in [6, 6.07) is 10.0. The first-order valence-electron chi connectivity index (χ1n) is 7.76. The molecule has 1 heterocycles. The summed E-state index contributed by atoms with van der Waals surface area (Å²) in [6.45, 7) is 0.235. The number of rotatable bonds is 7. The molecule has 1 aromatic heterocycles. The topological polar surface area (TPSA) is 97.5 Å². The zero-order valence-corrected chi connectivity index (χ0v) is 15.9. The summed E-state index contributed by atoms with van der Waals surface area (Å²) < 4.78 is 38.5. The molecule has 9 heteroatoms. The normalized spacial score (nSPS) is 11.6. The monoisotopic (exact) mass is 394 g/mol. The number of hydrogen-bond donors (Lipinski definition) is 2.